The molecule has 0 aliphatic heterocycles. The van der Waals surface area contributed by atoms with Crippen LogP contribution in [-0.4, -0.2) is 40.3 Å². The molecule has 0 radical (unpaired) electrons. The van der Waals surface area contributed by atoms with Gasteiger partial charge >= 0.3 is 0 Å². The van der Waals surface area contributed by atoms with Crippen LogP contribution in [0, 0.1) is 0 Å². The van der Waals surface area contributed by atoms with Crippen molar-refractivity contribution in [2.24, 2.45) is 4.99 Å². The summed E-state index contributed by atoms with van der Waals surface area (Å²) in [7, 11) is -0.809. The van der Waals surface area contributed by atoms with Crippen LogP contribution in [0.15, 0.2) is 4.99 Å². The van der Waals surface area contributed by atoms with Gasteiger partial charge in [0.2, 0.25) is 0 Å². The van der Waals surface area contributed by atoms with E-state index < -0.39 is 10.8 Å². The Labute approximate surface area is 108 Å². The zero-order chi connectivity index (χ0) is 13.3. The molecule has 0 saturated carbocycles. The normalized spacial score (nSPS) is 14.5. The van der Waals surface area contributed by atoms with Gasteiger partial charge in [-0.25, -0.2) is 0 Å². The van der Waals surface area contributed by atoms with Gasteiger partial charge in [0.25, 0.3) is 0 Å². The molecule has 5 heteroatoms. The second-order valence-electron chi connectivity index (χ2n) is 4.85. The van der Waals surface area contributed by atoms with Crippen LogP contribution in [-0.2, 0) is 10.8 Å². The Bertz CT molecular complexity index is 259. The lowest BCUT2D eigenvalue weighted by molar-refractivity contribution is 0.647. The number of hydrogen-bond acceptors (Lipinski definition) is 2. The topological polar surface area (TPSA) is 53.5 Å². The van der Waals surface area contributed by atoms with Crippen molar-refractivity contribution < 1.29 is 4.21 Å². The van der Waals surface area contributed by atoms with Crippen LogP contribution in [0.3, 0.4) is 0 Å². The molecule has 0 aliphatic carbocycles. The molecule has 0 bridgehead atoms. The molecule has 17 heavy (non-hydrogen) atoms. The van der Waals surface area contributed by atoms with Crippen molar-refractivity contribution in [1.82, 2.24) is 10.6 Å². The summed E-state index contributed by atoms with van der Waals surface area (Å²) in [5.41, 5.74) is 0. The molecule has 0 rings (SSSR count). The Balaban J connectivity index is 4.02. The van der Waals surface area contributed by atoms with Crippen LogP contribution in [0.1, 0.15) is 41.0 Å². The van der Waals surface area contributed by atoms with Gasteiger partial charge in [-0.05, 0) is 34.1 Å². The molecule has 0 aromatic carbocycles. The van der Waals surface area contributed by atoms with Crippen LogP contribution in [0.25, 0.3) is 0 Å². The maximum absolute atomic E-state index is 11.8. The monoisotopic (exact) mass is 261 g/mol. The molecule has 2 N–H and O–H groups in total. The summed E-state index contributed by atoms with van der Waals surface area (Å²) in [6.07, 6.45) is 1.03. The number of aliphatic imine (C=N–C) groups is 1. The first-order valence-corrected chi connectivity index (χ1v) is 7.64. The standard InChI is InChI=1S/C12H27N3OS/c1-6-8-14-11(13-7-2)15-9-10-17(16)12(3,4)5/h6-10H2,1-5H3,(H2,13,14,15). The van der Waals surface area contributed by atoms with Gasteiger partial charge in [0.1, 0.15) is 0 Å². The molecule has 0 saturated heterocycles. The molecule has 0 aliphatic rings. The van der Waals surface area contributed by atoms with E-state index in [9.17, 15) is 4.21 Å². The minimum Gasteiger partial charge on any atom is -0.357 e. The molecule has 0 aromatic rings. The van der Waals surface area contributed by atoms with Gasteiger partial charge in [-0.15, -0.1) is 0 Å². The van der Waals surface area contributed by atoms with E-state index in [2.05, 4.69) is 22.5 Å². The van der Waals surface area contributed by atoms with Crippen LogP contribution in [0.5, 0.6) is 0 Å². The van der Waals surface area contributed by atoms with E-state index in [1.807, 2.05) is 27.7 Å². The van der Waals surface area contributed by atoms with Gasteiger partial charge in [-0.3, -0.25) is 9.20 Å². The van der Waals surface area contributed by atoms with E-state index in [1.165, 1.54) is 0 Å². The first-order chi connectivity index (χ1) is 7.91. The molecule has 4 nitrogen and oxygen atoms in total. The number of nitrogens with zero attached hydrogens (tertiary/aromatic N) is 1. The highest BCUT2D eigenvalue weighted by atomic mass is 32.2. The predicted octanol–water partition coefficient (Wildman–Crippen LogP) is 1.50. The molecule has 0 spiro atoms. The van der Waals surface area contributed by atoms with Crippen molar-refractivity contribution in [2.75, 3.05) is 25.4 Å². The lowest BCUT2D eigenvalue weighted by Crippen LogP contribution is -2.40. The van der Waals surface area contributed by atoms with Gasteiger partial charge in [-0.2, -0.15) is 0 Å². The van der Waals surface area contributed by atoms with Crippen molar-refractivity contribution in [3.05, 3.63) is 0 Å². The summed E-state index contributed by atoms with van der Waals surface area (Å²) < 4.78 is 11.7. The van der Waals surface area contributed by atoms with E-state index in [0.29, 0.717) is 12.3 Å². The number of nitrogens with one attached hydrogen (secondary N) is 2. The zero-order valence-corrected chi connectivity index (χ0v) is 12.6. The Morgan fingerprint density at radius 2 is 1.88 bits per heavy atom. The van der Waals surface area contributed by atoms with E-state index >= 15 is 0 Å². The summed E-state index contributed by atoms with van der Waals surface area (Å²) in [6, 6.07) is 0. The van der Waals surface area contributed by atoms with Crippen molar-refractivity contribution >= 4 is 16.8 Å². The van der Waals surface area contributed by atoms with Gasteiger partial charge in [0.15, 0.2) is 5.96 Å². The molecule has 102 valence electrons. The third-order valence-electron chi connectivity index (χ3n) is 2.10. The highest BCUT2D eigenvalue weighted by Crippen LogP contribution is 2.10. The van der Waals surface area contributed by atoms with Crippen molar-refractivity contribution in [2.45, 2.75) is 45.8 Å². The highest BCUT2D eigenvalue weighted by molar-refractivity contribution is 7.86. The van der Waals surface area contributed by atoms with E-state index in [0.717, 1.165) is 25.5 Å². The maximum atomic E-state index is 11.8. The van der Waals surface area contributed by atoms with E-state index in [4.69, 9.17) is 0 Å². The Morgan fingerprint density at radius 1 is 1.24 bits per heavy atom. The van der Waals surface area contributed by atoms with Gasteiger partial charge in [0.05, 0.1) is 0 Å². The summed E-state index contributed by atoms with van der Waals surface area (Å²) in [5, 5.41) is 6.37. The third-order valence-corrected chi connectivity index (χ3v) is 4.04. The quantitative estimate of drug-likeness (QED) is 0.563. The third kappa shape index (κ3) is 8.18. The van der Waals surface area contributed by atoms with Crippen LogP contribution < -0.4 is 10.6 Å². The molecule has 0 aromatic heterocycles. The van der Waals surface area contributed by atoms with Crippen molar-refractivity contribution in [3.8, 4) is 0 Å². The van der Waals surface area contributed by atoms with Crippen LogP contribution >= 0.6 is 0 Å². The van der Waals surface area contributed by atoms with Gasteiger partial charge in [-0.1, -0.05) is 6.92 Å². The Hall–Kier alpha value is -0.580. The summed E-state index contributed by atoms with van der Waals surface area (Å²) in [4.78, 5) is 4.39. The first kappa shape index (κ1) is 16.4. The smallest absolute Gasteiger partial charge is 0.191 e. The zero-order valence-electron chi connectivity index (χ0n) is 11.8. The average Bonchev–Trinajstić information content (AvgIpc) is 2.24. The molecular formula is C12H27N3OS. The molecule has 0 heterocycles. The number of hydrogen-bond donors (Lipinski definition) is 2. The second-order valence-corrected chi connectivity index (χ2v) is 7.17. The highest BCUT2D eigenvalue weighted by Gasteiger charge is 2.18. The lowest BCUT2D eigenvalue weighted by atomic mass is 10.3. The van der Waals surface area contributed by atoms with Crippen LogP contribution in [0.4, 0.5) is 0 Å². The largest absolute Gasteiger partial charge is 0.357 e. The Morgan fingerprint density at radius 3 is 2.35 bits per heavy atom. The molecule has 1 unspecified atom stereocenters. The minimum atomic E-state index is -0.809. The summed E-state index contributed by atoms with van der Waals surface area (Å²) >= 11 is 0. The van der Waals surface area contributed by atoms with Gasteiger partial charge < -0.3 is 10.6 Å². The molecule has 0 amide bonds. The average molecular weight is 261 g/mol. The summed E-state index contributed by atoms with van der Waals surface area (Å²) in [6.45, 7) is 12.5. The number of guanidine groups is 1. The lowest BCUT2D eigenvalue weighted by Gasteiger charge is -2.18. The van der Waals surface area contributed by atoms with Crippen molar-refractivity contribution in [3.63, 3.8) is 0 Å². The Kier molecular flexibility index (Phi) is 8.21. The van der Waals surface area contributed by atoms with Gasteiger partial charge in [0, 0.05) is 40.9 Å². The minimum absolute atomic E-state index is 0.138. The maximum Gasteiger partial charge on any atom is 0.191 e. The second kappa shape index (κ2) is 8.50. The van der Waals surface area contributed by atoms with E-state index in [1.54, 1.807) is 0 Å². The summed E-state index contributed by atoms with van der Waals surface area (Å²) in [5.74, 6) is 1.47. The molecule has 0 fully saturated rings. The molecular weight excluding hydrogens is 234 g/mol. The number of rotatable bonds is 6. The van der Waals surface area contributed by atoms with E-state index in [-0.39, 0.29) is 4.75 Å². The SMILES string of the molecule is CCCN=C(NCC)NCCS(=O)C(C)(C)C. The fourth-order valence-electron chi connectivity index (χ4n) is 1.13. The predicted molar refractivity (Wildman–Crippen MR) is 77.0 cm³/mol. The van der Waals surface area contributed by atoms with Crippen LogP contribution in [0.2, 0.25) is 0 Å². The molecule has 1 atom stereocenters. The van der Waals surface area contributed by atoms with Crippen molar-refractivity contribution in [1.29, 1.82) is 0 Å². The fourth-order valence-corrected chi connectivity index (χ4v) is 2.03. The fraction of sp³-hybridized carbons (Fsp3) is 0.917. The first-order valence-electron chi connectivity index (χ1n) is 6.32.